The molecule has 1 aromatic carbocycles. The highest BCUT2D eigenvalue weighted by Gasteiger charge is 2.14. The predicted octanol–water partition coefficient (Wildman–Crippen LogP) is 2.36. The molecule has 0 saturated heterocycles. The molecule has 0 fully saturated rings. The lowest BCUT2D eigenvalue weighted by atomic mass is 10.0. The van der Waals surface area contributed by atoms with Crippen molar-refractivity contribution in [1.82, 2.24) is 5.32 Å². The van der Waals surface area contributed by atoms with Crippen LogP contribution in [-0.2, 0) is 11.3 Å². The summed E-state index contributed by atoms with van der Waals surface area (Å²) in [6, 6.07) is 4.97. The lowest BCUT2D eigenvalue weighted by Gasteiger charge is -2.21. The summed E-state index contributed by atoms with van der Waals surface area (Å²) in [5.74, 6) is 0.902. The summed E-state index contributed by atoms with van der Waals surface area (Å²) in [6.45, 7) is 5.34. The van der Waals surface area contributed by atoms with Crippen LogP contribution >= 0.6 is 0 Å². The molecular formula is C14H22N2O4. The van der Waals surface area contributed by atoms with Crippen LogP contribution in [-0.4, -0.2) is 31.8 Å². The second-order valence-corrected chi connectivity index (χ2v) is 4.98. The average molecular weight is 282 g/mol. The van der Waals surface area contributed by atoms with E-state index in [4.69, 9.17) is 9.47 Å². The predicted molar refractivity (Wildman–Crippen MR) is 77.0 cm³/mol. The number of nitrogens with zero attached hydrogens (tertiary/aromatic N) is 1. The van der Waals surface area contributed by atoms with Gasteiger partial charge in [-0.25, -0.2) is 0 Å². The maximum Gasteiger partial charge on any atom is 0.273 e. The van der Waals surface area contributed by atoms with E-state index >= 15 is 0 Å². The first-order chi connectivity index (χ1) is 9.47. The fraction of sp³-hybridized carbons (Fsp3) is 0.571. The zero-order chi connectivity index (χ0) is 15.1. The van der Waals surface area contributed by atoms with Crippen molar-refractivity contribution in [3.8, 4) is 5.75 Å². The molecule has 1 aromatic rings. The average Bonchev–Trinajstić information content (AvgIpc) is 2.42. The molecule has 112 valence electrons. The van der Waals surface area contributed by atoms with Gasteiger partial charge in [0.15, 0.2) is 0 Å². The SMILES string of the molecule is COCC(NCc1cc(OC)cc([N+](=O)[O-])c1)C(C)C. The standard InChI is InChI=1S/C14H22N2O4/c1-10(2)14(9-19-3)15-8-11-5-12(16(17)18)7-13(6-11)20-4/h5-7,10,14-15H,8-9H2,1-4H3. The minimum absolute atomic E-state index is 0.0361. The first-order valence-corrected chi connectivity index (χ1v) is 6.52. The van der Waals surface area contributed by atoms with Gasteiger partial charge in [-0.2, -0.15) is 0 Å². The normalized spacial score (nSPS) is 12.4. The molecule has 0 bridgehead atoms. The minimum Gasteiger partial charge on any atom is -0.496 e. The topological polar surface area (TPSA) is 73.6 Å². The van der Waals surface area contributed by atoms with Crippen LogP contribution in [0.25, 0.3) is 0 Å². The molecule has 0 amide bonds. The Labute approximate surface area is 119 Å². The Morgan fingerprint density at radius 1 is 1.30 bits per heavy atom. The molecule has 0 heterocycles. The molecule has 0 aliphatic heterocycles. The number of hydrogen-bond acceptors (Lipinski definition) is 5. The molecule has 6 nitrogen and oxygen atoms in total. The number of nitro benzene ring substituents is 1. The van der Waals surface area contributed by atoms with Crippen molar-refractivity contribution in [1.29, 1.82) is 0 Å². The van der Waals surface area contributed by atoms with Gasteiger partial charge in [-0.15, -0.1) is 0 Å². The van der Waals surface area contributed by atoms with Crippen LogP contribution in [0, 0.1) is 16.0 Å². The Morgan fingerprint density at radius 3 is 2.50 bits per heavy atom. The van der Waals surface area contributed by atoms with E-state index in [1.54, 1.807) is 19.2 Å². The van der Waals surface area contributed by atoms with E-state index in [-0.39, 0.29) is 11.7 Å². The quantitative estimate of drug-likeness (QED) is 0.585. The number of methoxy groups -OCH3 is 2. The summed E-state index contributed by atoms with van der Waals surface area (Å²) in [7, 11) is 3.16. The molecule has 0 radical (unpaired) electrons. The summed E-state index contributed by atoms with van der Waals surface area (Å²) in [4.78, 5) is 10.5. The highest BCUT2D eigenvalue weighted by molar-refractivity contribution is 5.42. The largest absolute Gasteiger partial charge is 0.496 e. The Kier molecular flexibility index (Phi) is 6.41. The van der Waals surface area contributed by atoms with Gasteiger partial charge in [0.1, 0.15) is 5.75 Å². The lowest BCUT2D eigenvalue weighted by molar-refractivity contribution is -0.385. The molecule has 0 aromatic heterocycles. The van der Waals surface area contributed by atoms with E-state index in [0.29, 0.717) is 24.8 Å². The highest BCUT2D eigenvalue weighted by atomic mass is 16.6. The number of nitro groups is 1. The van der Waals surface area contributed by atoms with Crippen LogP contribution < -0.4 is 10.1 Å². The maximum absolute atomic E-state index is 10.9. The Balaban J connectivity index is 2.80. The molecule has 1 rings (SSSR count). The molecule has 0 saturated carbocycles. The van der Waals surface area contributed by atoms with Crippen molar-refractivity contribution in [2.24, 2.45) is 5.92 Å². The summed E-state index contributed by atoms with van der Waals surface area (Å²) in [6.07, 6.45) is 0. The third-order valence-corrected chi connectivity index (χ3v) is 3.12. The fourth-order valence-corrected chi connectivity index (χ4v) is 1.88. The summed E-state index contributed by atoms with van der Waals surface area (Å²) in [5, 5.41) is 14.2. The van der Waals surface area contributed by atoms with Crippen molar-refractivity contribution in [2.75, 3.05) is 20.8 Å². The molecule has 1 N–H and O–H groups in total. The third-order valence-electron chi connectivity index (χ3n) is 3.12. The van der Waals surface area contributed by atoms with Crippen LogP contribution in [0.4, 0.5) is 5.69 Å². The molecule has 0 spiro atoms. The van der Waals surface area contributed by atoms with Crippen molar-refractivity contribution in [3.05, 3.63) is 33.9 Å². The van der Waals surface area contributed by atoms with Gasteiger partial charge in [-0.1, -0.05) is 13.8 Å². The van der Waals surface area contributed by atoms with E-state index in [2.05, 4.69) is 19.2 Å². The molecule has 0 aliphatic rings. The van der Waals surface area contributed by atoms with E-state index in [9.17, 15) is 10.1 Å². The van der Waals surface area contributed by atoms with Gasteiger partial charge in [-0.05, 0) is 17.5 Å². The Hall–Kier alpha value is -1.66. The summed E-state index contributed by atoms with van der Waals surface area (Å²) >= 11 is 0. The van der Waals surface area contributed by atoms with Crippen LogP contribution in [0.3, 0.4) is 0 Å². The van der Waals surface area contributed by atoms with Gasteiger partial charge >= 0.3 is 0 Å². The van der Waals surface area contributed by atoms with E-state index in [1.807, 2.05) is 0 Å². The van der Waals surface area contributed by atoms with E-state index in [0.717, 1.165) is 5.56 Å². The first kappa shape index (κ1) is 16.4. The Bertz CT molecular complexity index is 449. The lowest BCUT2D eigenvalue weighted by Crippen LogP contribution is -2.37. The number of nitrogens with one attached hydrogen (secondary N) is 1. The van der Waals surface area contributed by atoms with Gasteiger partial charge in [0.2, 0.25) is 0 Å². The zero-order valence-electron chi connectivity index (χ0n) is 12.4. The number of hydrogen-bond donors (Lipinski definition) is 1. The maximum atomic E-state index is 10.9. The van der Waals surface area contributed by atoms with Gasteiger partial charge in [-0.3, -0.25) is 10.1 Å². The van der Waals surface area contributed by atoms with E-state index in [1.165, 1.54) is 13.2 Å². The summed E-state index contributed by atoms with van der Waals surface area (Å²) in [5.41, 5.74) is 0.854. The number of ether oxygens (including phenoxy) is 2. The second kappa shape index (κ2) is 7.81. The highest BCUT2D eigenvalue weighted by Crippen LogP contribution is 2.22. The number of non-ortho nitro benzene ring substituents is 1. The van der Waals surface area contributed by atoms with Crippen molar-refractivity contribution in [2.45, 2.75) is 26.4 Å². The summed E-state index contributed by atoms with van der Waals surface area (Å²) < 4.78 is 10.3. The smallest absolute Gasteiger partial charge is 0.273 e. The molecule has 20 heavy (non-hydrogen) atoms. The second-order valence-electron chi connectivity index (χ2n) is 4.98. The molecule has 1 unspecified atom stereocenters. The minimum atomic E-state index is -0.416. The number of rotatable bonds is 8. The zero-order valence-corrected chi connectivity index (χ0v) is 12.4. The van der Waals surface area contributed by atoms with Crippen molar-refractivity contribution < 1.29 is 14.4 Å². The van der Waals surface area contributed by atoms with Gasteiger partial charge in [0.05, 0.1) is 24.7 Å². The Morgan fingerprint density at radius 2 is 2.00 bits per heavy atom. The van der Waals surface area contributed by atoms with Crippen molar-refractivity contribution in [3.63, 3.8) is 0 Å². The van der Waals surface area contributed by atoms with E-state index < -0.39 is 4.92 Å². The van der Waals surface area contributed by atoms with Gasteiger partial charge in [0.25, 0.3) is 5.69 Å². The van der Waals surface area contributed by atoms with Crippen LogP contribution in [0.5, 0.6) is 5.75 Å². The molecule has 6 heteroatoms. The first-order valence-electron chi connectivity index (χ1n) is 6.52. The van der Waals surface area contributed by atoms with Gasteiger partial charge in [0, 0.05) is 25.8 Å². The fourth-order valence-electron chi connectivity index (χ4n) is 1.88. The van der Waals surface area contributed by atoms with Crippen LogP contribution in [0.1, 0.15) is 19.4 Å². The van der Waals surface area contributed by atoms with Crippen LogP contribution in [0.15, 0.2) is 18.2 Å². The van der Waals surface area contributed by atoms with Gasteiger partial charge < -0.3 is 14.8 Å². The molecule has 0 aliphatic carbocycles. The molecule has 1 atom stereocenters. The van der Waals surface area contributed by atoms with Crippen LogP contribution in [0.2, 0.25) is 0 Å². The molecular weight excluding hydrogens is 260 g/mol. The third kappa shape index (κ3) is 4.79. The van der Waals surface area contributed by atoms with Crippen molar-refractivity contribution >= 4 is 5.69 Å². The number of benzene rings is 1. The monoisotopic (exact) mass is 282 g/mol.